The number of anilines is 1. The molecule has 0 aliphatic carbocycles. The summed E-state index contributed by atoms with van der Waals surface area (Å²) in [6.07, 6.45) is 2.61. The number of hydrogen-bond donors (Lipinski definition) is 2. The Morgan fingerprint density at radius 1 is 1.23 bits per heavy atom. The Morgan fingerprint density at radius 3 is 2.81 bits per heavy atom. The number of nitrogens with one attached hydrogen (secondary N) is 1. The average molecular weight is 538 g/mol. The lowest BCUT2D eigenvalue weighted by molar-refractivity contribution is 0.356. The van der Waals surface area contributed by atoms with E-state index in [9.17, 15) is 4.39 Å². The number of ether oxygens (including phenoxy) is 1. The number of fused-ring (bicyclic) bond motifs is 2. The molecule has 166 valence electrons. The highest BCUT2D eigenvalue weighted by Crippen LogP contribution is 2.31. The first kappa shape index (κ1) is 22.2. The molecule has 0 saturated heterocycles. The van der Waals surface area contributed by atoms with E-state index >= 15 is 0 Å². The second-order valence-electron chi connectivity index (χ2n) is 8.94. The van der Waals surface area contributed by atoms with Gasteiger partial charge in [-0.25, -0.2) is 4.98 Å². The fraction of sp³-hybridized carbons (Fsp3) is 0.500. The SMILES string of the molecule is CC(C)(C)NCCCCn1c(Cc2cc3c(cc2I)CCO3)nc2c(N)nc(F)nc21. The van der Waals surface area contributed by atoms with Crippen molar-refractivity contribution in [3.63, 3.8) is 0 Å². The lowest BCUT2D eigenvalue weighted by Gasteiger charge is -2.20. The minimum Gasteiger partial charge on any atom is -0.493 e. The highest BCUT2D eigenvalue weighted by Gasteiger charge is 2.20. The molecule has 31 heavy (non-hydrogen) atoms. The predicted octanol–water partition coefficient (Wildman–Crippen LogP) is 3.85. The largest absolute Gasteiger partial charge is 0.493 e. The van der Waals surface area contributed by atoms with Gasteiger partial charge >= 0.3 is 6.08 Å². The molecular formula is C22H28FIN6O. The minimum atomic E-state index is -0.826. The molecule has 7 nitrogen and oxygen atoms in total. The second kappa shape index (κ2) is 8.85. The van der Waals surface area contributed by atoms with Crippen LogP contribution >= 0.6 is 22.6 Å². The molecule has 4 rings (SSSR count). The zero-order valence-corrected chi connectivity index (χ0v) is 20.3. The monoisotopic (exact) mass is 538 g/mol. The molecule has 0 fully saturated rings. The molecular weight excluding hydrogens is 510 g/mol. The summed E-state index contributed by atoms with van der Waals surface area (Å²) in [4.78, 5) is 12.4. The molecule has 3 heterocycles. The van der Waals surface area contributed by atoms with Crippen LogP contribution in [0.5, 0.6) is 5.75 Å². The normalized spacial score (nSPS) is 13.6. The molecule has 0 atom stereocenters. The van der Waals surface area contributed by atoms with Crippen molar-refractivity contribution in [2.75, 3.05) is 18.9 Å². The third kappa shape index (κ3) is 5.08. The van der Waals surface area contributed by atoms with Gasteiger partial charge in [0.25, 0.3) is 0 Å². The number of halogens is 2. The zero-order chi connectivity index (χ0) is 22.2. The van der Waals surface area contributed by atoms with E-state index in [-0.39, 0.29) is 11.4 Å². The van der Waals surface area contributed by atoms with Gasteiger partial charge in [0.2, 0.25) is 0 Å². The quantitative estimate of drug-likeness (QED) is 0.270. The van der Waals surface area contributed by atoms with E-state index in [0.717, 1.165) is 49.6 Å². The highest BCUT2D eigenvalue weighted by atomic mass is 127. The Kier molecular flexibility index (Phi) is 6.34. The molecule has 1 aliphatic rings. The maximum absolute atomic E-state index is 13.9. The summed E-state index contributed by atoms with van der Waals surface area (Å²) in [6.45, 7) is 8.78. The summed E-state index contributed by atoms with van der Waals surface area (Å²) in [5, 5.41) is 3.50. The number of aromatic nitrogens is 4. The molecule has 1 aromatic carbocycles. The van der Waals surface area contributed by atoms with Gasteiger partial charge in [0.05, 0.1) is 6.61 Å². The molecule has 0 radical (unpaired) electrons. The van der Waals surface area contributed by atoms with Crippen LogP contribution in [0, 0.1) is 9.65 Å². The summed E-state index contributed by atoms with van der Waals surface area (Å²) in [7, 11) is 0. The molecule has 0 amide bonds. The number of aryl methyl sites for hydroxylation is 1. The third-order valence-electron chi connectivity index (χ3n) is 5.34. The van der Waals surface area contributed by atoms with Gasteiger partial charge in [-0.2, -0.15) is 14.4 Å². The van der Waals surface area contributed by atoms with Crippen molar-refractivity contribution < 1.29 is 9.13 Å². The van der Waals surface area contributed by atoms with Crippen molar-refractivity contribution in [3.05, 3.63) is 38.7 Å². The first-order valence-corrected chi connectivity index (χ1v) is 11.7. The van der Waals surface area contributed by atoms with Crippen molar-refractivity contribution in [2.24, 2.45) is 0 Å². The Labute approximate surface area is 195 Å². The summed E-state index contributed by atoms with van der Waals surface area (Å²) >= 11 is 2.36. The van der Waals surface area contributed by atoms with E-state index in [4.69, 9.17) is 15.5 Å². The molecule has 3 aromatic rings. The minimum absolute atomic E-state index is 0.0730. The van der Waals surface area contributed by atoms with E-state index in [1.54, 1.807) is 0 Å². The number of rotatable bonds is 7. The molecule has 0 unspecified atom stereocenters. The summed E-state index contributed by atoms with van der Waals surface area (Å²) in [6, 6.07) is 4.27. The third-order valence-corrected chi connectivity index (χ3v) is 6.35. The van der Waals surface area contributed by atoms with Gasteiger partial charge in [-0.3, -0.25) is 0 Å². The smallest absolute Gasteiger partial charge is 0.312 e. The molecule has 9 heteroatoms. The Morgan fingerprint density at radius 2 is 2.03 bits per heavy atom. The summed E-state index contributed by atoms with van der Waals surface area (Å²) in [5.74, 6) is 1.82. The number of hydrogen-bond acceptors (Lipinski definition) is 6. The van der Waals surface area contributed by atoms with Crippen LogP contribution in [-0.4, -0.2) is 38.2 Å². The van der Waals surface area contributed by atoms with Crippen molar-refractivity contribution in [1.29, 1.82) is 0 Å². The first-order valence-electron chi connectivity index (χ1n) is 10.6. The number of nitrogens with two attached hydrogens (primary N) is 1. The lowest BCUT2D eigenvalue weighted by Crippen LogP contribution is -2.36. The lowest BCUT2D eigenvalue weighted by atomic mass is 10.1. The van der Waals surface area contributed by atoms with Crippen LogP contribution in [0.2, 0.25) is 0 Å². The predicted molar refractivity (Wildman–Crippen MR) is 128 cm³/mol. The Bertz CT molecular complexity index is 1110. The standard InChI is InChI=1S/C22H28FIN6O/c1-22(2,3)26-7-4-5-8-30-17(27-18-19(25)28-21(23)29-20(18)30)12-14-11-16-13(6-9-31-16)10-15(14)24/h10-11,26H,4-9,12H2,1-3H3,(H2,25,28,29). The molecule has 0 saturated carbocycles. The van der Waals surface area contributed by atoms with Gasteiger partial charge in [-0.1, -0.05) is 0 Å². The van der Waals surface area contributed by atoms with Crippen LogP contribution in [0.3, 0.4) is 0 Å². The van der Waals surface area contributed by atoms with Gasteiger partial charge in [-0.15, -0.1) is 0 Å². The summed E-state index contributed by atoms with van der Waals surface area (Å²) < 4.78 is 22.8. The van der Waals surface area contributed by atoms with Gasteiger partial charge < -0.3 is 20.4 Å². The number of nitrogens with zero attached hydrogens (tertiary/aromatic N) is 4. The van der Waals surface area contributed by atoms with Gasteiger partial charge in [0.1, 0.15) is 11.6 Å². The second-order valence-corrected chi connectivity index (χ2v) is 10.1. The zero-order valence-electron chi connectivity index (χ0n) is 18.1. The van der Waals surface area contributed by atoms with E-state index in [2.05, 4.69) is 70.8 Å². The fourth-order valence-electron chi connectivity index (χ4n) is 3.81. The summed E-state index contributed by atoms with van der Waals surface area (Å²) in [5.41, 5.74) is 9.32. The Hall–Kier alpha value is -2.01. The highest BCUT2D eigenvalue weighted by molar-refractivity contribution is 14.1. The van der Waals surface area contributed by atoms with Crippen molar-refractivity contribution in [3.8, 4) is 5.75 Å². The van der Waals surface area contributed by atoms with Crippen molar-refractivity contribution in [1.82, 2.24) is 24.8 Å². The van der Waals surface area contributed by atoms with Crippen LogP contribution in [-0.2, 0) is 19.4 Å². The maximum Gasteiger partial charge on any atom is 0.312 e. The Balaban J connectivity index is 1.61. The van der Waals surface area contributed by atoms with Crippen LogP contribution in [0.4, 0.5) is 10.2 Å². The number of unbranched alkanes of at least 4 members (excludes halogenated alkanes) is 1. The van der Waals surface area contributed by atoms with Crippen LogP contribution in [0.15, 0.2) is 12.1 Å². The van der Waals surface area contributed by atoms with E-state index < -0.39 is 6.08 Å². The molecule has 0 spiro atoms. The van der Waals surface area contributed by atoms with Crippen molar-refractivity contribution in [2.45, 2.75) is 58.5 Å². The van der Waals surface area contributed by atoms with E-state index in [1.807, 2.05) is 4.57 Å². The van der Waals surface area contributed by atoms with Crippen LogP contribution in [0.25, 0.3) is 11.2 Å². The maximum atomic E-state index is 13.9. The number of nitrogen functional groups attached to an aromatic ring is 1. The van der Waals surface area contributed by atoms with Gasteiger partial charge in [-0.05, 0) is 86.0 Å². The fourth-order valence-corrected chi connectivity index (χ4v) is 4.53. The van der Waals surface area contributed by atoms with E-state index in [1.165, 1.54) is 9.13 Å². The molecule has 2 aromatic heterocycles. The van der Waals surface area contributed by atoms with Gasteiger partial charge in [0.15, 0.2) is 17.0 Å². The number of benzene rings is 1. The molecule has 0 bridgehead atoms. The molecule has 3 N–H and O–H groups in total. The topological polar surface area (TPSA) is 90.9 Å². The van der Waals surface area contributed by atoms with Crippen LogP contribution in [0.1, 0.15) is 50.6 Å². The first-order chi connectivity index (χ1) is 14.7. The molecule has 1 aliphatic heterocycles. The number of imidazole rings is 1. The van der Waals surface area contributed by atoms with Crippen LogP contribution < -0.4 is 15.8 Å². The van der Waals surface area contributed by atoms with Gasteiger partial charge in [0, 0.05) is 28.5 Å². The average Bonchev–Trinajstić information content (AvgIpc) is 3.25. The van der Waals surface area contributed by atoms with Crippen molar-refractivity contribution >= 4 is 39.6 Å². The van der Waals surface area contributed by atoms with E-state index in [0.29, 0.717) is 24.1 Å².